The zero-order chi connectivity index (χ0) is 15.7. The number of nitrogens with zero attached hydrogens (tertiary/aromatic N) is 1. The van der Waals surface area contributed by atoms with Crippen molar-refractivity contribution in [1.29, 1.82) is 0 Å². The van der Waals surface area contributed by atoms with E-state index in [0.717, 1.165) is 0 Å². The molecule has 0 atom stereocenters. The van der Waals surface area contributed by atoms with E-state index in [9.17, 15) is 8.42 Å². The molecule has 0 bridgehead atoms. The first-order chi connectivity index (χ1) is 10.0. The molecule has 0 saturated carbocycles. The molecule has 1 aromatic rings. The van der Waals surface area contributed by atoms with Crippen molar-refractivity contribution in [2.45, 2.75) is 13.8 Å². The number of sulfonamides is 1. The van der Waals surface area contributed by atoms with Crippen LogP contribution in [-0.2, 0) is 14.8 Å². The molecule has 0 amide bonds. The van der Waals surface area contributed by atoms with Gasteiger partial charge in [0.05, 0.1) is 18.0 Å². The lowest BCUT2D eigenvalue weighted by Crippen LogP contribution is -2.37. The lowest BCUT2D eigenvalue weighted by atomic mass is 10.3. The molecule has 0 spiro atoms. The van der Waals surface area contributed by atoms with Gasteiger partial charge in [-0.2, -0.15) is 4.31 Å². The van der Waals surface area contributed by atoms with E-state index in [1.54, 1.807) is 31.2 Å². The number of hydrogen-bond acceptors (Lipinski definition) is 5. The summed E-state index contributed by atoms with van der Waals surface area (Å²) in [6.45, 7) is 5.51. The van der Waals surface area contributed by atoms with Crippen LogP contribution in [0.25, 0.3) is 0 Å². The number of hydrogen-bond donors (Lipinski definition) is 1. The molecule has 0 aromatic heterocycles. The maximum Gasteiger partial charge on any atom is 0.217 e. The van der Waals surface area contributed by atoms with Crippen LogP contribution in [0.2, 0.25) is 0 Å². The summed E-state index contributed by atoms with van der Waals surface area (Å²) < 4.78 is 36.4. The predicted octanol–water partition coefficient (Wildman–Crippen LogP) is 1.34. The van der Waals surface area contributed by atoms with Crippen LogP contribution in [-0.4, -0.2) is 51.4 Å². The Morgan fingerprint density at radius 2 is 1.90 bits per heavy atom. The van der Waals surface area contributed by atoms with Gasteiger partial charge in [-0.15, -0.1) is 0 Å². The summed E-state index contributed by atoms with van der Waals surface area (Å²) in [7, 11) is -3.35. The number of anilines is 1. The molecule has 6 nitrogen and oxygen atoms in total. The number of benzene rings is 1. The molecule has 0 unspecified atom stereocenters. The number of likely N-dealkylation sites (N-methyl/N-ethyl adjacent to an activating group) is 1. The van der Waals surface area contributed by atoms with Crippen molar-refractivity contribution < 1.29 is 17.9 Å². The highest BCUT2D eigenvalue weighted by atomic mass is 32.2. The van der Waals surface area contributed by atoms with Crippen molar-refractivity contribution >= 4 is 15.7 Å². The van der Waals surface area contributed by atoms with Gasteiger partial charge >= 0.3 is 0 Å². The van der Waals surface area contributed by atoms with Crippen LogP contribution in [0, 0.1) is 0 Å². The third kappa shape index (κ3) is 5.91. The van der Waals surface area contributed by atoms with E-state index in [2.05, 4.69) is 0 Å². The number of para-hydroxylation sites is 2. The SMILES string of the molecule is CCOCCN(CC)S(=O)(=O)CCOc1ccccc1N. The first-order valence-corrected chi connectivity index (χ1v) is 8.65. The molecule has 2 N–H and O–H groups in total. The second-order valence-electron chi connectivity index (χ2n) is 4.39. The van der Waals surface area contributed by atoms with Gasteiger partial charge in [0.15, 0.2) is 0 Å². The third-order valence-corrected chi connectivity index (χ3v) is 4.86. The maximum absolute atomic E-state index is 12.2. The van der Waals surface area contributed by atoms with Gasteiger partial charge in [-0.3, -0.25) is 0 Å². The molecule has 0 radical (unpaired) electrons. The molecule has 0 fully saturated rings. The monoisotopic (exact) mass is 316 g/mol. The van der Waals surface area contributed by atoms with Crippen molar-refractivity contribution in [3.63, 3.8) is 0 Å². The van der Waals surface area contributed by atoms with E-state index in [1.807, 2.05) is 6.92 Å². The van der Waals surface area contributed by atoms with E-state index in [0.29, 0.717) is 37.7 Å². The average molecular weight is 316 g/mol. The Kier molecular flexibility index (Phi) is 7.49. The van der Waals surface area contributed by atoms with Crippen molar-refractivity contribution in [2.24, 2.45) is 0 Å². The van der Waals surface area contributed by atoms with Gasteiger partial charge in [-0.1, -0.05) is 19.1 Å². The predicted molar refractivity (Wildman–Crippen MR) is 83.9 cm³/mol. The molecule has 0 saturated heterocycles. The van der Waals surface area contributed by atoms with Gasteiger partial charge in [0.25, 0.3) is 0 Å². The van der Waals surface area contributed by atoms with E-state index in [-0.39, 0.29) is 12.4 Å². The maximum atomic E-state index is 12.2. The summed E-state index contributed by atoms with van der Waals surface area (Å²) in [5, 5.41) is 0. The highest BCUT2D eigenvalue weighted by Gasteiger charge is 2.20. The number of nitrogen functional groups attached to an aromatic ring is 1. The first-order valence-electron chi connectivity index (χ1n) is 7.04. The van der Waals surface area contributed by atoms with E-state index < -0.39 is 10.0 Å². The lowest BCUT2D eigenvalue weighted by Gasteiger charge is -2.20. The van der Waals surface area contributed by atoms with E-state index in [1.165, 1.54) is 4.31 Å². The Morgan fingerprint density at radius 3 is 2.52 bits per heavy atom. The summed E-state index contributed by atoms with van der Waals surface area (Å²) in [6.07, 6.45) is 0. The fourth-order valence-corrected chi connectivity index (χ4v) is 3.10. The standard InChI is InChI=1S/C14H24N2O4S/c1-3-16(9-10-19-4-2)21(17,18)12-11-20-14-8-6-5-7-13(14)15/h5-8H,3-4,9-12,15H2,1-2H3. The fraction of sp³-hybridized carbons (Fsp3) is 0.571. The Bertz CT molecular complexity index is 519. The average Bonchev–Trinajstić information content (AvgIpc) is 2.45. The molecule has 1 rings (SSSR count). The topological polar surface area (TPSA) is 81.9 Å². The van der Waals surface area contributed by atoms with Gasteiger partial charge in [0, 0.05) is 19.7 Å². The minimum atomic E-state index is -3.35. The van der Waals surface area contributed by atoms with Crippen LogP contribution < -0.4 is 10.5 Å². The highest BCUT2D eigenvalue weighted by Crippen LogP contribution is 2.19. The van der Waals surface area contributed by atoms with Crippen LogP contribution >= 0.6 is 0 Å². The Balaban J connectivity index is 2.49. The quantitative estimate of drug-likeness (QED) is 0.520. The van der Waals surface area contributed by atoms with Crippen LogP contribution in [0.4, 0.5) is 5.69 Å². The van der Waals surface area contributed by atoms with Crippen LogP contribution in [0.3, 0.4) is 0 Å². The number of nitrogens with two attached hydrogens (primary N) is 1. The molecule has 0 heterocycles. The Labute approximate surface area is 126 Å². The van der Waals surface area contributed by atoms with Crippen molar-refractivity contribution in [1.82, 2.24) is 4.31 Å². The lowest BCUT2D eigenvalue weighted by molar-refractivity contribution is 0.135. The van der Waals surface area contributed by atoms with Crippen LogP contribution in [0.5, 0.6) is 5.75 Å². The molecule has 0 aliphatic heterocycles. The second kappa shape index (κ2) is 8.86. The van der Waals surface area contributed by atoms with Gasteiger partial charge < -0.3 is 15.2 Å². The zero-order valence-corrected chi connectivity index (χ0v) is 13.4. The number of rotatable bonds is 10. The summed E-state index contributed by atoms with van der Waals surface area (Å²) in [5.41, 5.74) is 6.23. The van der Waals surface area contributed by atoms with Crippen molar-refractivity contribution in [3.05, 3.63) is 24.3 Å². The van der Waals surface area contributed by atoms with Crippen LogP contribution in [0.15, 0.2) is 24.3 Å². The largest absolute Gasteiger partial charge is 0.490 e. The second-order valence-corrected chi connectivity index (χ2v) is 6.48. The van der Waals surface area contributed by atoms with Gasteiger partial charge in [-0.05, 0) is 19.1 Å². The molecule has 7 heteroatoms. The van der Waals surface area contributed by atoms with E-state index >= 15 is 0 Å². The summed E-state index contributed by atoms with van der Waals surface area (Å²) in [6, 6.07) is 7.02. The van der Waals surface area contributed by atoms with Gasteiger partial charge in [0.1, 0.15) is 12.4 Å². The van der Waals surface area contributed by atoms with E-state index in [4.69, 9.17) is 15.2 Å². The minimum absolute atomic E-state index is 0.0711. The minimum Gasteiger partial charge on any atom is -0.490 e. The molecule has 21 heavy (non-hydrogen) atoms. The Morgan fingerprint density at radius 1 is 1.19 bits per heavy atom. The Hall–Kier alpha value is -1.31. The molecule has 120 valence electrons. The summed E-state index contributed by atoms with van der Waals surface area (Å²) in [5.74, 6) is 0.423. The summed E-state index contributed by atoms with van der Waals surface area (Å²) >= 11 is 0. The molecular formula is C14H24N2O4S. The first kappa shape index (κ1) is 17.7. The molecule has 1 aromatic carbocycles. The van der Waals surface area contributed by atoms with Gasteiger partial charge in [-0.25, -0.2) is 8.42 Å². The van der Waals surface area contributed by atoms with Crippen molar-refractivity contribution in [2.75, 3.05) is 44.4 Å². The molecule has 0 aliphatic rings. The van der Waals surface area contributed by atoms with Crippen molar-refractivity contribution in [3.8, 4) is 5.75 Å². The number of ether oxygens (including phenoxy) is 2. The van der Waals surface area contributed by atoms with Crippen LogP contribution in [0.1, 0.15) is 13.8 Å². The van der Waals surface area contributed by atoms with Gasteiger partial charge in [0.2, 0.25) is 10.0 Å². The zero-order valence-electron chi connectivity index (χ0n) is 12.6. The summed E-state index contributed by atoms with van der Waals surface area (Å²) in [4.78, 5) is 0. The smallest absolute Gasteiger partial charge is 0.217 e. The normalized spacial score (nSPS) is 11.8. The highest BCUT2D eigenvalue weighted by molar-refractivity contribution is 7.89. The molecular weight excluding hydrogens is 292 g/mol. The fourth-order valence-electron chi connectivity index (χ4n) is 1.80. The third-order valence-electron chi connectivity index (χ3n) is 2.95. The molecule has 0 aliphatic carbocycles.